The van der Waals surface area contributed by atoms with Crippen molar-refractivity contribution in [3.8, 4) is 0 Å². The largest absolute Gasteiger partial charge is 0.417 e. The maximum absolute atomic E-state index is 12.9. The molecule has 0 aliphatic heterocycles. The summed E-state index contributed by atoms with van der Waals surface area (Å²) in [4.78, 5) is 24.3. The summed E-state index contributed by atoms with van der Waals surface area (Å²) >= 11 is 11.4. The van der Waals surface area contributed by atoms with Gasteiger partial charge in [-0.05, 0) is 37.3 Å². The van der Waals surface area contributed by atoms with Crippen LogP contribution in [0.25, 0.3) is 0 Å². The molecule has 26 heavy (non-hydrogen) atoms. The van der Waals surface area contributed by atoms with Crippen molar-refractivity contribution in [2.75, 3.05) is 5.32 Å². The van der Waals surface area contributed by atoms with Gasteiger partial charge < -0.3 is 10.6 Å². The highest BCUT2D eigenvalue weighted by Gasteiger charge is 2.33. The molecule has 0 unspecified atom stereocenters. The SMILES string of the molecule is C[C@H](NC(=O)c1ccccc1Cl)C(=O)Nc1ccc(Cl)c(C(F)(F)F)c1. The normalized spacial score (nSPS) is 12.4. The molecule has 0 radical (unpaired) electrons. The van der Waals surface area contributed by atoms with Gasteiger partial charge in [-0.15, -0.1) is 0 Å². The molecule has 0 fully saturated rings. The van der Waals surface area contributed by atoms with Crippen LogP contribution in [-0.4, -0.2) is 17.9 Å². The molecule has 0 aliphatic carbocycles. The fraction of sp³-hybridized carbons (Fsp3) is 0.176. The molecule has 138 valence electrons. The molecular formula is C17H13Cl2F3N2O2. The minimum Gasteiger partial charge on any atom is -0.340 e. The fourth-order valence-electron chi connectivity index (χ4n) is 2.06. The summed E-state index contributed by atoms with van der Waals surface area (Å²) in [6, 6.07) is 8.24. The Hall–Kier alpha value is -2.25. The topological polar surface area (TPSA) is 58.2 Å². The van der Waals surface area contributed by atoms with Crippen molar-refractivity contribution in [3.05, 3.63) is 63.6 Å². The van der Waals surface area contributed by atoms with Gasteiger partial charge in [0, 0.05) is 5.69 Å². The summed E-state index contributed by atoms with van der Waals surface area (Å²) in [5.41, 5.74) is -0.977. The van der Waals surface area contributed by atoms with Crippen molar-refractivity contribution in [3.63, 3.8) is 0 Å². The molecule has 2 amide bonds. The molecule has 1 atom stereocenters. The Kier molecular flexibility index (Phi) is 6.15. The minimum atomic E-state index is -4.65. The number of benzene rings is 2. The summed E-state index contributed by atoms with van der Waals surface area (Å²) in [7, 11) is 0. The number of carbonyl (C=O) groups excluding carboxylic acids is 2. The predicted octanol–water partition coefficient (Wildman–Crippen LogP) is 4.77. The molecule has 4 nitrogen and oxygen atoms in total. The van der Waals surface area contributed by atoms with Crippen molar-refractivity contribution < 1.29 is 22.8 Å². The van der Waals surface area contributed by atoms with E-state index in [1.165, 1.54) is 25.1 Å². The zero-order chi connectivity index (χ0) is 19.5. The fourth-order valence-corrected chi connectivity index (χ4v) is 2.50. The Morgan fingerprint density at radius 1 is 1.04 bits per heavy atom. The number of anilines is 1. The lowest BCUT2D eigenvalue weighted by atomic mass is 10.1. The second-order valence-electron chi connectivity index (χ2n) is 5.36. The van der Waals surface area contributed by atoms with Gasteiger partial charge in [0.1, 0.15) is 6.04 Å². The van der Waals surface area contributed by atoms with Crippen LogP contribution >= 0.6 is 23.2 Å². The Bertz CT molecular complexity index is 841. The van der Waals surface area contributed by atoms with E-state index in [2.05, 4.69) is 10.6 Å². The Morgan fingerprint density at radius 3 is 2.31 bits per heavy atom. The first kappa shape index (κ1) is 20.1. The maximum Gasteiger partial charge on any atom is 0.417 e. The molecule has 2 N–H and O–H groups in total. The lowest BCUT2D eigenvalue weighted by molar-refractivity contribution is -0.137. The first-order valence-corrected chi connectivity index (χ1v) is 8.08. The van der Waals surface area contributed by atoms with Gasteiger partial charge in [-0.25, -0.2) is 0 Å². The zero-order valence-electron chi connectivity index (χ0n) is 13.3. The third-order valence-electron chi connectivity index (χ3n) is 3.40. The molecule has 9 heteroatoms. The molecule has 0 heterocycles. The number of halogens is 5. The standard InChI is InChI=1S/C17H13Cl2F3N2O2/c1-9(23-16(26)11-4-2-3-5-13(11)18)15(25)24-10-6-7-14(19)12(8-10)17(20,21)22/h2-9H,1H3,(H,23,26)(H,24,25)/t9-/m0/s1. The molecular weight excluding hydrogens is 392 g/mol. The van der Waals surface area contributed by atoms with Gasteiger partial charge in [0.2, 0.25) is 5.91 Å². The van der Waals surface area contributed by atoms with Crippen LogP contribution in [0.1, 0.15) is 22.8 Å². The number of rotatable bonds is 4. The maximum atomic E-state index is 12.9. The number of alkyl halides is 3. The molecule has 0 saturated carbocycles. The molecule has 0 aliphatic rings. The highest BCUT2D eigenvalue weighted by molar-refractivity contribution is 6.34. The van der Waals surface area contributed by atoms with Crippen LogP contribution in [0, 0.1) is 0 Å². The van der Waals surface area contributed by atoms with Crippen molar-refractivity contribution in [1.29, 1.82) is 0 Å². The minimum absolute atomic E-state index is 0.0921. The summed E-state index contributed by atoms with van der Waals surface area (Å²) in [6.45, 7) is 1.39. The summed E-state index contributed by atoms with van der Waals surface area (Å²) in [6.07, 6.45) is -4.65. The van der Waals surface area contributed by atoms with Crippen LogP contribution in [0.3, 0.4) is 0 Å². The van der Waals surface area contributed by atoms with E-state index >= 15 is 0 Å². The Balaban J connectivity index is 2.08. The van der Waals surface area contributed by atoms with Crippen molar-refractivity contribution in [2.24, 2.45) is 0 Å². The average Bonchev–Trinajstić information content (AvgIpc) is 2.55. The van der Waals surface area contributed by atoms with E-state index in [-0.39, 0.29) is 16.3 Å². The number of amides is 2. The van der Waals surface area contributed by atoms with E-state index < -0.39 is 34.6 Å². The van der Waals surface area contributed by atoms with Gasteiger partial charge in [0.15, 0.2) is 0 Å². The third kappa shape index (κ3) is 4.89. The Morgan fingerprint density at radius 2 is 1.69 bits per heavy atom. The molecule has 2 aromatic rings. The van der Waals surface area contributed by atoms with E-state index in [0.717, 1.165) is 12.1 Å². The van der Waals surface area contributed by atoms with Gasteiger partial charge in [-0.3, -0.25) is 9.59 Å². The number of nitrogens with one attached hydrogen (secondary N) is 2. The molecule has 2 aromatic carbocycles. The van der Waals surface area contributed by atoms with Crippen LogP contribution in [0.2, 0.25) is 10.0 Å². The van der Waals surface area contributed by atoms with Gasteiger partial charge in [0.05, 0.1) is 21.2 Å². The second kappa shape index (κ2) is 7.97. The highest BCUT2D eigenvalue weighted by Crippen LogP contribution is 2.36. The van der Waals surface area contributed by atoms with Crippen LogP contribution in [0.5, 0.6) is 0 Å². The van der Waals surface area contributed by atoms with E-state index in [1.807, 2.05) is 0 Å². The molecule has 0 saturated heterocycles. The van der Waals surface area contributed by atoms with Crippen LogP contribution < -0.4 is 10.6 Å². The average molecular weight is 405 g/mol. The van der Waals surface area contributed by atoms with Crippen LogP contribution in [0.4, 0.5) is 18.9 Å². The first-order valence-electron chi connectivity index (χ1n) is 7.32. The van der Waals surface area contributed by atoms with Gasteiger partial charge in [0.25, 0.3) is 5.91 Å². The van der Waals surface area contributed by atoms with Gasteiger partial charge in [-0.1, -0.05) is 35.3 Å². The number of carbonyl (C=O) groups is 2. The van der Waals surface area contributed by atoms with Crippen molar-refractivity contribution in [2.45, 2.75) is 19.1 Å². The highest BCUT2D eigenvalue weighted by atomic mass is 35.5. The van der Waals surface area contributed by atoms with E-state index in [0.29, 0.717) is 0 Å². The zero-order valence-corrected chi connectivity index (χ0v) is 14.8. The molecule has 2 rings (SSSR count). The van der Waals surface area contributed by atoms with E-state index in [9.17, 15) is 22.8 Å². The monoisotopic (exact) mass is 404 g/mol. The summed E-state index contributed by atoms with van der Waals surface area (Å²) < 4.78 is 38.6. The van der Waals surface area contributed by atoms with Gasteiger partial charge >= 0.3 is 6.18 Å². The molecule has 0 aromatic heterocycles. The summed E-state index contributed by atoms with van der Waals surface area (Å²) in [5, 5.41) is 4.47. The van der Waals surface area contributed by atoms with Crippen molar-refractivity contribution >= 4 is 40.7 Å². The van der Waals surface area contributed by atoms with Crippen molar-refractivity contribution in [1.82, 2.24) is 5.32 Å². The Labute approximate surface area is 157 Å². The summed E-state index contributed by atoms with van der Waals surface area (Å²) in [5.74, 6) is -1.27. The molecule has 0 bridgehead atoms. The van der Waals surface area contributed by atoms with E-state index in [4.69, 9.17) is 23.2 Å². The lowest BCUT2D eigenvalue weighted by Gasteiger charge is -2.16. The van der Waals surface area contributed by atoms with Crippen LogP contribution in [0.15, 0.2) is 42.5 Å². The third-order valence-corrected chi connectivity index (χ3v) is 4.06. The molecule has 0 spiro atoms. The quantitative estimate of drug-likeness (QED) is 0.770. The predicted molar refractivity (Wildman–Crippen MR) is 93.5 cm³/mol. The number of hydrogen-bond acceptors (Lipinski definition) is 2. The van der Waals surface area contributed by atoms with Crippen LogP contribution in [-0.2, 0) is 11.0 Å². The van der Waals surface area contributed by atoms with Gasteiger partial charge in [-0.2, -0.15) is 13.2 Å². The second-order valence-corrected chi connectivity index (χ2v) is 6.17. The number of hydrogen-bond donors (Lipinski definition) is 2. The van der Waals surface area contributed by atoms with E-state index in [1.54, 1.807) is 12.1 Å². The first-order chi connectivity index (χ1) is 12.1. The smallest absolute Gasteiger partial charge is 0.340 e. The lowest BCUT2D eigenvalue weighted by Crippen LogP contribution is -2.41.